The summed E-state index contributed by atoms with van der Waals surface area (Å²) < 4.78 is 17.0. The number of rotatable bonds is 8. The van der Waals surface area contributed by atoms with Crippen LogP contribution in [0.15, 0.2) is 12.4 Å². The topological polar surface area (TPSA) is 132 Å². The van der Waals surface area contributed by atoms with Crippen LogP contribution < -0.4 is 15.4 Å². The summed E-state index contributed by atoms with van der Waals surface area (Å²) in [6, 6.07) is 0.0125. The summed E-state index contributed by atoms with van der Waals surface area (Å²) in [7, 11) is 0. The molecule has 0 bridgehead atoms. The molecule has 10 heteroatoms. The van der Waals surface area contributed by atoms with E-state index in [0.29, 0.717) is 18.2 Å². The van der Waals surface area contributed by atoms with Gasteiger partial charge in [0.05, 0.1) is 18.8 Å². The first-order valence-electron chi connectivity index (χ1n) is 11.7. The van der Waals surface area contributed by atoms with E-state index in [1.807, 2.05) is 20.8 Å². The number of carboxylic acids is 1. The van der Waals surface area contributed by atoms with Crippen molar-refractivity contribution >= 4 is 12.1 Å². The van der Waals surface area contributed by atoms with Crippen LogP contribution in [0.4, 0.5) is 4.79 Å². The molecule has 2 heterocycles. The summed E-state index contributed by atoms with van der Waals surface area (Å²) in [4.78, 5) is 31.6. The number of nitrogens with zero attached hydrogens (tertiary/aromatic N) is 2. The lowest BCUT2D eigenvalue weighted by Crippen LogP contribution is -2.56. The van der Waals surface area contributed by atoms with Crippen LogP contribution in [0.3, 0.4) is 0 Å². The van der Waals surface area contributed by atoms with Crippen molar-refractivity contribution in [3.05, 3.63) is 18.1 Å². The fourth-order valence-corrected chi connectivity index (χ4v) is 4.36. The molecule has 0 unspecified atom stereocenters. The molecule has 2 fully saturated rings. The highest BCUT2D eigenvalue weighted by atomic mass is 16.6. The minimum Gasteiger partial charge on any atom is -0.479 e. The molecule has 3 N–H and O–H groups in total. The molecule has 33 heavy (non-hydrogen) atoms. The summed E-state index contributed by atoms with van der Waals surface area (Å²) in [5.74, 6) is -0.581. The fourth-order valence-electron chi connectivity index (χ4n) is 4.36. The third-order valence-corrected chi connectivity index (χ3v) is 5.88. The predicted molar refractivity (Wildman–Crippen MR) is 120 cm³/mol. The molecule has 184 valence electrons. The number of amides is 1. The Kier molecular flexibility index (Phi) is 8.85. The average molecular weight is 465 g/mol. The van der Waals surface area contributed by atoms with Crippen LogP contribution in [-0.2, 0) is 14.3 Å². The molecule has 2 aliphatic rings. The Morgan fingerprint density at radius 3 is 2.58 bits per heavy atom. The van der Waals surface area contributed by atoms with Gasteiger partial charge in [-0.3, -0.25) is 4.98 Å². The zero-order valence-corrected chi connectivity index (χ0v) is 19.7. The van der Waals surface area contributed by atoms with Crippen molar-refractivity contribution in [2.45, 2.75) is 89.0 Å². The van der Waals surface area contributed by atoms with Crippen molar-refractivity contribution in [1.29, 1.82) is 0 Å². The molecular weight excluding hydrogens is 428 g/mol. The fraction of sp³-hybridized carbons (Fsp3) is 0.739. The maximum absolute atomic E-state index is 12.2. The minimum absolute atomic E-state index is 0.0292. The van der Waals surface area contributed by atoms with Gasteiger partial charge in [-0.2, -0.15) is 0 Å². The second-order valence-corrected chi connectivity index (χ2v) is 9.69. The first-order valence-corrected chi connectivity index (χ1v) is 11.7. The predicted octanol–water partition coefficient (Wildman–Crippen LogP) is 2.63. The Morgan fingerprint density at radius 1 is 1.15 bits per heavy atom. The summed E-state index contributed by atoms with van der Waals surface area (Å²) in [6.45, 7) is 6.55. The quantitative estimate of drug-likeness (QED) is 0.531. The third-order valence-electron chi connectivity index (χ3n) is 5.88. The molecule has 1 amide bonds. The van der Waals surface area contributed by atoms with Crippen LogP contribution in [0.25, 0.3) is 0 Å². The van der Waals surface area contributed by atoms with E-state index in [0.717, 1.165) is 45.1 Å². The smallest absolute Gasteiger partial charge is 0.407 e. The zero-order chi connectivity index (χ0) is 23.8. The van der Waals surface area contributed by atoms with Gasteiger partial charge in [0.1, 0.15) is 11.3 Å². The highest BCUT2D eigenvalue weighted by molar-refractivity contribution is 5.68. The molecule has 0 aromatic carbocycles. The van der Waals surface area contributed by atoms with Gasteiger partial charge in [0, 0.05) is 24.4 Å². The first kappa shape index (κ1) is 25.2. The Balaban J connectivity index is 1.47. The van der Waals surface area contributed by atoms with Gasteiger partial charge >= 0.3 is 12.1 Å². The third kappa shape index (κ3) is 8.12. The van der Waals surface area contributed by atoms with Gasteiger partial charge in [0.2, 0.25) is 5.88 Å². The molecule has 2 atom stereocenters. The maximum Gasteiger partial charge on any atom is 0.407 e. The molecule has 1 aliphatic carbocycles. The Morgan fingerprint density at radius 2 is 1.88 bits per heavy atom. The lowest BCUT2D eigenvalue weighted by Gasteiger charge is -2.35. The van der Waals surface area contributed by atoms with Gasteiger partial charge in [0.25, 0.3) is 0 Å². The standard InChI is InChI=1S/C23H36N4O6/c1-23(2,3)33-22(30)27-17-5-4-10-24-18(17)13-31-16-8-6-15(7-9-16)20-21(26-12-11-25-20)32-14-19(28)29/h11-12,15-18,24H,4-10,13-14H2,1-3H3,(H,27,30)(H,28,29)/t15-,16+,17-,18-/m0/s1. The molecule has 3 rings (SSSR count). The van der Waals surface area contributed by atoms with E-state index in [2.05, 4.69) is 20.6 Å². The van der Waals surface area contributed by atoms with E-state index in [9.17, 15) is 9.59 Å². The van der Waals surface area contributed by atoms with Gasteiger partial charge in [-0.15, -0.1) is 0 Å². The normalized spacial score (nSPS) is 25.8. The van der Waals surface area contributed by atoms with Crippen LogP contribution in [0.1, 0.15) is 70.9 Å². The SMILES string of the molecule is CC(C)(C)OC(=O)N[C@H]1CCCN[C@H]1CO[C@H]1CC[C@@H](c2nccnc2OCC(=O)O)CC1. The van der Waals surface area contributed by atoms with E-state index in [1.165, 1.54) is 6.20 Å². The second kappa shape index (κ2) is 11.6. The molecule has 0 spiro atoms. The van der Waals surface area contributed by atoms with Crippen LogP contribution in [0.2, 0.25) is 0 Å². The summed E-state index contributed by atoms with van der Waals surface area (Å²) in [6.07, 6.45) is 8.21. The number of aliphatic carboxylic acids is 1. The molecule has 1 aliphatic heterocycles. The number of carbonyl (C=O) groups is 2. The molecular formula is C23H36N4O6. The summed E-state index contributed by atoms with van der Waals surface area (Å²) in [5.41, 5.74) is 0.186. The monoisotopic (exact) mass is 464 g/mol. The van der Waals surface area contributed by atoms with Crippen LogP contribution in [0, 0.1) is 0 Å². The number of alkyl carbamates (subject to hydrolysis) is 1. The lowest BCUT2D eigenvalue weighted by molar-refractivity contribution is -0.139. The molecule has 10 nitrogen and oxygen atoms in total. The lowest BCUT2D eigenvalue weighted by atomic mass is 9.85. The van der Waals surface area contributed by atoms with Gasteiger partial charge < -0.3 is 30.0 Å². The largest absolute Gasteiger partial charge is 0.479 e. The molecule has 1 saturated carbocycles. The van der Waals surface area contributed by atoms with Crippen LogP contribution in [0.5, 0.6) is 5.88 Å². The number of carbonyl (C=O) groups excluding carboxylic acids is 1. The van der Waals surface area contributed by atoms with Crippen LogP contribution >= 0.6 is 0 Å². The molecule has 1 saturated heterocycles. The van der Waals surface area contributed by atoms with Crippen molar-refractivity contribution in [1.82, 2.24) is 20.6 Å². The van der Waals surface area contributed by atoms with Gasteiger partial charge in [0.15, 0.2) is 6.61 Å². The number of piperidine rings is 1. The van der Waals surface area contributed by atoms with Gasteiger partial charge in [-0.25, -0.2) is 14.6 Å². The van der Waals surface area contributed by atoms with Crippen LogP contribution in [-0.4, -0.2) is 70.7 Å². The second-order valence-electron chi connectivity index (χ2n) is 9.69. The van der Waals surface area contributed by atoms with E-state index in [-0.39, 0.29) is 24.1 Å². The summed E-state index contributed by atoms with van der Waals surface area (Å²) >= 11 is 0. The highest BCUT2D eigenvalue weighted by Gasteiger charge is 2.31. The van der Waals surface area contributed by atoms with Crippen molar-refractivity contribution in [3.63, 3.8) is 0 Å². The Hall–Kier alpha value is -2.46. The van der Waals surface area contributed by atoms with Crippen molar-refractivity contribution in [3.8, 4) is 5.88 Å². The minimum atomic E-state index is -1.04. The number of nitrogens with one attached hydrogen (secondary N) is 2. The number of hydrogen-bond acceptors (Lipinski definition) is 8. The van der Waals surface area contributed by atoms with Gasteiger partial charge in [-0.1, -0.05) is 0 Å². The summed E-state index contributed by atoms with van der Waals surface area (Å²) in [5, 5.41) is 15.3. The number of hydrogen-bond donors (Lipinski definition) is 3. The zero-order valence-electron chi connectivity index (χ0n) is 19.7. The van der Waals surface area contributed by atoms with E-state index in [1.54, 1.807) is 6.20 Å². The molecule has 1 aromatic heterocycles. The van der Waals surface area contributed by atoms with E-state index >= 15 is 0 Å². The Bertz CT molecular complexity index is 791. The first-order chi connectivity index (χ1) is 15.7. The molecule has 0 radical (unpaired) electrons. The van der Waals surface area contributed by atoms with Gasteiger partial charge in [-0.05, 0) is 65.8 Å². The average Bonchev–Trinajstić information content (AvgIpc) is 2.76. The van der Waals surface area contributed by atoms with Crippen molar-refractivity contribution in [2.24, 2.45) is 0 Å². The number of carboxylic acid groups (broad SMARTS) is 1. The number of aromatic nitrogens is 2. The molecule has 1 aromatic rings. The van der Waals surface area contributed by atoms with E-state index in [4.69, 9.17) is 19.3 Å². The number of ether oxygens (including phenoxy) is 3. The van der Waals surface area contributed by atoms with Crippen molar-refractivity contribution < 1.29 is 28.9 Å². The Labute approximate surface area is 194 Å². The highest BCUT2D eigenvalue weighted by Crippen LogP contribution is 2.36. The van der Waals surface area contributed by atoms with Crippen molar-refractivity contribution in [2.75, 3.05) is 19.8 Å². The van der Waals surface area contributed by atoms with E-state index < -0.39 is 24.3 Å². The maximum atomic E-state index is 12.2.